The number of carboxylic acids is 1. The SMILES string of the molecule is COc1nc(C=C(C(=O)O)C(C)(C)C)ccc1-n1ccnc1. The van der Waals surface area contributed by atoms with Crippen LogP contribution in [0, 0.1) is 5.41 Å². The number of aromatic nitrogens is 3. The summed E-state index contributed by atoms with van der Waals surface area (Å²) in [6, 6.07) is 3.58. The number of rotatable bonds is 4. The minimum absolute atomic E-state index is 0.289. The fraction of sp³-hybridized carbons (Fsp3) is 0.312. The van der Waals surface area contributed by atoms with Crippen LogP contribution in [-0.2, 0) is 4.79 Å². The topological polar surface area (TPSA) is 77.2 Å². The molecule has 2 aromatic heterocycles. The fourth-order valence-electron chi connectivity index (χ4n) is 2.02. The van der Waals surface area contributed by atoms with Crippen molar-refractivity contribution in [3.8, 4) is 11.6 Å². The first kappa shape index (κ1) is 15.8. The van der Waals surface area contributed by atoms with Gasteiger partial charge in [0.1, 0.15) is 5.69 Å². The number of methoxy groups -OCH3 is 1. The quantitative estimate of drug-likeness (QED) is 0.879. The molecule has 0 spiro atoms. The van der Waals surface area contributed by atoms with E-state index in [1.54, 1.807) is 35.4 Å². The van der Waals surface area contributed by atoms with Crippen LogP contribution in [0.15, 0.2) is 36.4 Å². The number of imidazole rings is 1. The second-order valence-electron chi connectivity index (χ2n) is 5.85. The molecule has 0 radical (unpaired) electrons. The molecule has 0 aromatic carbocycles. The van der Waals surface area contributed by atoms with Gasteiger partial charge in [-0.3, -0.25) is 0 Å². The zero-order valence-electron chi connectivity index (χ0n) is 13.1. The Kier molecular flexibility index (Phi) is 4.30. The Hall–Kier alpha value is -2.63. The molecular weight excluding hydrogens is 282 g/mol. The van der Waals surface area contributed by atoms with Crippen molar-refractivity contribution in [2.24, 2.45) is 5.41 Å². The van der Waals surface area contributed by atoms with Gasteiger partial charge in [-0.15, -0.1) is 0 Å². The molecule has 0 aliphatic rings. The van der Waals surface area contributed by atoms with Gasteiger partial charge in [0.15, 0.2) is 0 Å². The van der Waals surface area contributed by atoms with Gasteiger partial charge in [-0.2, -0.15) is 0 Å². The zero-order chi connectivity index (χ0) is 16.3. The molecule has 0 aliphatic carbocycles. The molecule has 2 heterocycles. The van der Waals surface area contributed by atoms with E-state index in [1.807, 2.05) is 26.8 Å². The van der Waals surface area contributed by atoms with Crippen LogP contribution in [0.25, 0.3) is 11.8 Å². The lowest BCUT2D eigenvalue weighted by Gasteiger charge is -2.19. The van der Waals surface area contributed by atoms with E-state index < -0.39 is 11.4 Å². The standard InChI is InChI=1S/C16H19N3O3/c1-16(2,3)12(15(20)21)9-11-5-6-13(14(18-11)22-4)19-8-7-17-10-19/h5-10H,1-4H3,(H,20,21). The lowest BCUT2D eigenvalue weighted by Crippen LogP contribution is -2.17. The molecule has 0 saturated carbocycles. The molecule has 0 atom stereocenters. The number of ether oxygens (including phenoxy) is 1. The third-order valence-electron chi connectivity index (χ3n) is 3.17. The number of aliphatic carboxylic acids is 1. The molecule has 0 saturated heterocycles. The van der Waals surface area contributed by atoms with Gasteiger partial charge in [-0.25, -0.2) is 14.8 Å². The first-order valence-electron chi connectivity index (χ1n) is 6.82. The van der Waals surface area contributed by atoms with Gasteiger partial charge in [0, 0.05) is 18.0 Å². The smallest absolute Gasteiger partial charge is 0.332 e. The van der Waals surface area contributed by atoms with Crippen LogP contribution in [0.5, 0.6) is 5.88 Å². The molecular formula is C16H19N3O3. The largest absolute Gasteiger partial charge is 0.479 e. The molecule has 116 valence electrons. The molecule has 2 aromatic rings. The van der Waals surface area contributed by atoms with E-state index in [0.717, 1.165) is 5.69 Å². The maximum Gasteiger partial charge on any atom is 0.332 e. The average Bonchev–Trinajstić information content (AvgIpc) is 2.96. The maximum absolute atomic E-state index is 11.4. The summed E-state index contributed by atoms with van der Waals surface area (Å²) in [5.74, 6) is -0.544. The highest BCUT2D eigenvalue weighted by Gasteiger charge is 2.23. The molecule has 0 fully saturated rings. The Bertz CT molecular complexity index is 698. The van der Waals surface area contributed by atoms with Gasteiger partial charge in [-0.1, -0.05) is 20.8 Å². The highest BCUT2D eigenvalue weighted by Crippen LogP contribution is 2.28. The lowest BCUT2D eigenvalue weighted by molar-refractivity contribution is -0.133. The van der Waals surface area contributed by atoms with Crippen LogP contribution in [0.1, 0.15) is 26.5 Å². The van der Waals surface area contributed by atoms with Crippen molar-refractivity contribution in [1.29, 1.82) is 0 Å². The predicted octanol–water partition coefficient (Wildman–Crippen LogP) is 2.79. The molecule has 0 amide bonds. The summed E-state index contributed by atoms with van der Waals surface area (Å²) in [4.78, 5) is 19.8. The van der Waals surface area contributed by atoms with Crippen molar-refractivity contribution in [1.82, 2.24) is 14.5 Å². The number of carboxylic acid groups (broad SMARTS) is 1. The van der Waals surface area contributed by atoms with Crippen LogP contribution in [-0.4, -0.2) is 32.7 Å². The van der Waals surface area contributed by atoms with Gasteiger partial charge in [0.05, 0.1) is 19.1 Å². The van der Waals surface area contributed by atoms with E-state index in [1.165, 1.54) is 7.11 Å². The van der Waals surface area contributed by atoms with Gasteiger partial charge in [0.2, 0.25) is 5.88 Å². The van der Waals surface area contributed by atoms with Crippen molar-refractivity contribution in [3.05, 3.63) is 42.1 Å². The first-order valence-corrected chi connectivity index (χ1v) is 6.82. The fourth-order valence-corrected chi connectivity index (χ4v) is 2.02. The van der Waals surface area contributed by atoms with E-state index in [4.69, 9.17) is 4.74 Å². The number of pyridine rings is 1. The lowest BCUT2D eigenvalue weighted by atomic mass is 9.86. The van der Waals surface area contributed by atoms with E-state index in [-0.39, 0.29) is 5.57 Å². The minimum atomic E-state index is -0.952. The Balaban J connectivity index is 2.48. The van der Waals surface area contributed by atoms with Gasteiger partial charge in [0.25, 0.3) is 0 Å². The van der Waals surface area contributed by atoms with Gasteiger partial charge < -0.3 is 14.4 Å². The second kappa shape index (κ2) is 6.01. The summed E-state index contributed by atoms with van der Waals surface area (Å²) >= 11 is 0. The minimum Gasteiger partial charge on any atom is -0.479 e. The maximum atomic E-state index is 11.4. The third-order valence-corrected chi connectivity index (χ3v) is 3.17. The van der Waals surface area contributed by atoms with E-state index in [2.05, 4.69) is 9.97 Å². The molecule has 0 aliphatic heterocycles. The normalized spacial score (nSPS) is 12.3. The summed E-state index contributed by atoms with van der Waals surface area (Å²) in [5, 5.41) is 9.36. The zero-order valence-corrected chi connectivity index (χ0v) is 13.1. The molecule has 6 nitrogen and oxygen atoms in total. The Morgan fingerprint density at radius 3 is 2.59 bits per heavy atom. The molecule has 22 heavy (non-hydrogen) atoms. The van der Waals surface area contributed by atoms with E-state index in [9.17, 15) is 9.90 Å². The predicted molar refractivity (Wildman–Crippen MR) is 83.0 cm³/mol. The molecule has 0 bridgehead atoms. The summed E-state index contributed by atoms with van der Waals surface area (Å²) in [5.41, 5.74) is 1.08. The molecule has 2 rings (SSSR count). The number of nitrogens with zero attached hydrogens (tertiary/aromatic N) is 3. The van der Waals surface area contributed by atoms with Crippen molar-refractivity contribution in [2.45, 2.75) is 20.8 Å². The summed E-state index contributed by atoms with van der Waals surface area (Å²) in [7, 11) is 1.53. The summed E-state index contributed by atoms with van der Waals surface area (Å²) < 4.78 is 7.08. The molecule has 6 heteroatoms. The summed E-state index contributed by atoms with van der Waals surface area (Å²) in [6.45, 7) is 5.55. The number of carbonyl (C=O) groups is 1. The monoisotopic (exact) mass is 301 g/mol. The molecule has 1 N–H and O–H groups in total. The van der Waals surface area contributed by atoms with Crippen LogP contribution in [0.3, 0.4) is 0 Å². The van der Waals surface area contributed by atoms with E-state index >= 15 is 0 Å². The van der Waals surface area contributed by atoms with Crippen LogP contribution in [0.4, 0.5) is 0 Å². The van der Waals surface area contributed by atoms with Gasteiger partial charge in [-0.05, 0) is 23.6 Å². The third kappa shape index (κ3) is 3.33. The number of hydrogen-bond acceptors (Lipinski definition) is 4. The Morgan fingerprint density at radius 2 is 2.09 bits per heavy atom. The van der Waals surface area contributed by atoms with Crippen LogP contribution in [0.2, 0.25) is 0 Å². The van der Waals surface area contributed by atoms with E-state index in [0.29, 0.717) is 11.6 Å². The highest BCUT2D eigenvalue weighted by molar-refractivity contribution is 5.93. The van der Waals surface area contributed by atoms with Crippen molar-refractivity contribution in [2.75, 3.05) is 7.11 Å². The highest BCUT2D eigenvalue weighted by atomic mass is 16.5. The van der Waals surface area contributed by atoms with Crippen molar-refractivity contribution < 1.29 is 14.6 Å². The van der Waals surface area contributed by atoms with Gasteiger partial charge >= 0.3 is 5.97 Å². The average molecular weight is 301 g/mol. The summed E-state index contributed by atoms with van der Waals surface area (Å²) in [6.07, 6.45) is 6.66. The number of hydrogen-bond donors (Lipinski definition) is 1. The Morgan fingerprint density at radius 1 is 1.36 bits per heavy atom. The Labute approximate surface area is 129 Å². The second-order valence-corrected chi connectivity index (χ2v) is 5.85. The molecule has 0 unspecified atom stereocenters. The van der Waals surface area contributed by atoms with Crippen LogP contribution < -0.4 is 4.74 Å². The van der Waals surface area contributed by atoms with Crippen molar-refractivity contribution >= 4 is 12.0 Å². The van der Waals surface area contributed by atoms with Crippen LogP contribution >= 0.6 is 0 Å². The van der Waals surface area contributed by atoms with Crippen molar-refractivity contribution in [3.63, 3.8) is 0 Å². The first-order chi connectivity index (χ1) is 10.3.